The highest BCUT2D eigenvalue weighted by Crippen LogP contribution is 2.63. The van der Waals surface area contributed by atoms with E-state index in [1.807, 2.05) is 104 Å². The lowest BCUT2D eigenvalue weighted by atomic mass is 9.55. The minimum atomic E-state index is -4.30. The normalized spacial score (nSPS) is 23.5. The molecule has 5 aliphatic heterocycles. The molecule has 5 rings (SSSR count). The molecule has 10 atom stereocenters. The summed E-state index contributed by atoms with van der Waals surface area (Å²) in [4.78, 5) is 171. The lowest BCUT2D eigenvalue weighted by molar-refractivity contribution is -0.150. The van der Waals surface area contributed by atoms with Crippen LogP contribution in [-0.4, -0.2) is 177 Å². The van der Waals surface area contributed by atoms with E-state index < -0.39 is 145 Å². The molecule has 4 N–H and O–H groups in total. The molecule has 776 valence electrons. The van der Waals surface area contributed by atoms with Gasteiger partial charge in [-0.2, -0.15) is 8.42 Å². The summed E-state index contributed by atoms with van der Waals surface area (Å²) in [5.41, 5.74) is -3.77. The Hall–Kier alpha value is -7.36. The Bertz CT molecular complexity index is 4040. The molecule has 0 aromatic carbocycles. The van der Waals surface area contributed by atoms with Crippen molar-refractivity contribution in [3.8, 4) is 0 Å². The number of hydrogen-bond acceptors (Lipinski definition) is 23. The molecule has 0 saturated carbocycles. The Labute approximate surface area is 819 Å². The highest BCUT2D eigenvalue weighted by Gasteiger charge is 2.67. The molecule has 5 heterocycles. The van der Waals surface area contributed by atoms with Crippen LogP contribution >= 0.6 is 0 Å². The van der Waals surface area contributed by atoms with Gasteiger partial charge in [0.25, 0.3) is 10.1 Å². The van der Waals surface area contributed by atoms with E-state index in [-0.39, 0.29) is 154 Å². The molecular formula is C108H183N7O20S. The second kappa shape index (κ2) is 62.7. The van der Waals surface area contributed by atoms with Crippen molar-refractivity contribution < 1.29 is 94.1 Å². The van der Waals surface area contributed by atoms with Crippen molar-refractivity contribution in [2.24, 2.45) is 60.3 Å². The zero-order valence-electron chi connectivity index (χ0n) is 87.5. The van der Waals surface area contributed by atoms with E-state index in [0.29, 0.717) is 111 Å². The summed E-state index contributed by atoms with van der Waals surface area (Å²) in [6, 6.07) is -2.56. The number of amides is 3. The molecule has 1 saturated heterocycles. The molecule has 0 aromatic heterocycles. The zero-order valence-corrected chi connectivity index (χ0v) is 88.3. The van der Waals surface area contributed by atoms with Gasteiger partial charge in [-0.15, -0.1) is 0 Å². The Morgan fingerprint density at radius 1 is 0.434 bits per heavy atom. The number of ether oxygens (including phenoxy) is 7. The average molecular weight is 1930 g/mol. The summed E-state index contributed by atoms with van der Waals surface area (Å²) in [7, 11) is -4.30. The molecule has 8 bridgehead atoms. The molecule has 0 unspecified atom stereocenters. The number of nitrogens with zero attached hydrogens (tertiary/aromatic N) is 4. The van der Waals surface area contributed by atoms with E-state index in [1.165, 1.54) is 116 Å². The van der Waals surface area contributed by atoms with E-state index in [4.69, 9.17) is 48.1 Å². The van der Waals surface area contributed by atoms with E-state index in [0.717, 1.165) is 51.4 Å². The van der Waals surface area contributed by atoms with E-state index in [2.05, 4.69) is 29.8 Å². The number of rotatable bonds is 73. The monoisotopic (exact) mass is 1930 g/mol. The fourth-order valence-corrected chi connectivity index (χ4v) is 21.7. The van der Waals surface area contributed by atoms with Crippen LogP contribution in [0.1, 0.15) is 445 Å². The fraction of sp³-hybridized carbons (Fsp3) is 0.824. The molecule has 0 aromatic rings. The van der Waals surface area contributed by atoms with Crippen molar-refractivity contribution in [1.29, 1.82) is 0 Å². The Balaban J connectivity index is 1.99. The van der Waals surface area contributed by atoms with Crippen molar-refractivity contribution >= 4 is 86.8 Å². The summed E-state index contributed by atoms with van der Waals surface area (Å²) in [6.07, 6.45) is 33.8. The molecule has 0 spiro atoms. The molecule has 1 fully saturated rings. The molecule has 3 amide bonds. The quantitative estimate of drug-likeness (QED) is 0.0190. The summed E-state index contributed by atoms with van der Waals surface area (Å²) in [6.45, 7) is 34.7. The molecular weight excluding hydrogens is 1750 g/mol. The first-order chi connectivity index (χ1) is 65.0. The predicted molar refractivity (Wildman–Crippen MR) is 538 cm³/mol. The Morgan fingerprint density at radius 2 is 0.831 bits per heavy atom. The maximum atomic E-state index is 16.8. The summed E-state index contributed by atoms with van der Waals surface area (Å²) < 4.78 is 75.4. The van der Waals surface area contributed by atoms with Gasteiger partial charge in [-0.3, -0.25) is 67.5 Å². The molecule has 0 aliphatic carbocycles. The molecule has 5 aliphatic rings. The first-order valence-corrected chi connectivity index (χ1v) is 55.3. The zero-order chi connectivity index (χ0) is 100. The summed E-state index contributed by atoms with van der Waals surface area (Å²) >= 11 is 0. The van der Waals surface area contributed by atoms with Crippen LogP contribution in [0.3, 0.4) is 0 Å². The second-order valence-electron chi connectivity index (χ2n) is 40.9. The third-order valence-electron chi connectivity index (χ3n) is 29.1. The van der Waals surface area contributed by atoms with Crippen LogP contribution in [-0.2, 0) is 91.2 Å². The molecule has 0 radical (unpaired) electrons. The minimum Gasteiger partial charge on any atom is -0.466 e. The van der Waals surface area contributed by atoms with Crippen LogP contribution in [0.2, 0.25) is 0 Å². The van der Waals surface area contributed by atoms with Crippen molar-refractivity contribution in [3.05, 3.63) is 33.9 Å². The SMILES string of the molecule is CCCCCCCCCCCCCCCCN(CCCCCCCCCCCCCCCC)C(=O)[C@H](CC(=O)N/C1=C2/N/C(=C(/C)C3=N[C@@](C)([C@@H]4N=C(/C(C)=C5N=C1C(C)(C)[C@@H]\5CCC(=O)OCCC)[C@](C)(CCC(=O)OCCC)[C@H]4CC(=O)OCCC)[C@@](C)(CC(=O)OCCC)[C@@H]3CCC(=O)OCCC)[C@@](C)(CC(=O)OCCC)[C@@H]2CCC(=O)OCCC)NC(=O)CCCCCS(=O)(=O)O. The fourth-order valence-electron chi connectivity index (χ4n) is 21.1. The Kier molecular flexibility index (Phi) is 54.9. The van der Waals surface area contributed by atoms with Crippen molar-refractivity contribution in [3.63, 3.8) is 0 Å². The molecule has 28 heteroatoms. The first-order valence-electron chi connectivity index (χ1n) is 53.6. The van der Waals surface area contributed by atoms with Crippen molar-refractivity contribution in [1.82, 2.24) is 20.9 Å². The summed E-state index contributed by atoms with van der Waals surface area (Å²) in [5, 5.41) is 10.4. The van der Waals surface area contributed by atoms with Crippen molar-refractivity contribution in [2.75, 3.05) is 65.1 Å². The minimum absolute atomic E-state index is 0.0371. The number of esters is 7. The van der Waals surface area contributed by atoms with Gasteiger partial charge in [0.15, 0.2) is 0 Å². The number of hydrogen-bond donors (Lipinski definition) is 4. The predicted octanol–water partition coefficient (Wildman–Crippen LogP) is 22.6. The lowest BCUT2D eigenvalue weighted by Gasteiger charge is -2.48. The van der Waals surface area contributed by atoms with Gasteiger partial charge in [0, 0.05) is 119 Å². The number of unbranched alkanes of at least 4 members (excludes halogenated alkanes) is 28. The van der Waals surface area contributed by atoms with E-state index in [1.54, 1.807) is 4.90 Å². The lowest BCUT2D eigenvalue weighted by Crippen LogP contribution is -2.55. The van der Waals surface area contributed by atoms with Gasteiger partial charge in [-0.1, -0.05) is 270 Å². The van der Waals surface area contributed by atoms with Crippen LogP contribution in [0.15, 0.2) is 48.9 Å². The van der Waals surface area contributed by atoms with Gasteiger partial charge in [0.05, 0.1) is 101 Å². The van der Waals surface area contributed by atoms with E-state index >= 15 is 24.0 Å². The maximum Gasteiger partial charge on any atom is 0.306 e. The number of fused-ring (bicyclic) bond motifs is 6. The van der Waals surface area contributed by atoms with Gasteiger partial charge >= 0.3 is 41.8 Å². The van der Waals surface area contributed by atoms with Gasteiger partial charge in [0.1, 0.15) is 6.04 Å². The summed E-state index contributed by atoms with van der Waals surface area (Å²) in [5.74, 6) is -9.55. The standard InChI is InChI=1S/C108H183N7O20S/c1-18-27-29-31-33-35-37-39-41-43-45-47-49-53-65-115(66-54-50-48-46-44-42-40-38-36-34-32-30-28-19-2)103(125)85(109-86(116)56-52-51-55-74-136(126,127)128)76-87(117)110-98-97-82(58-61-89(119)130-68-21-4)106(15,77-93(123)134-72-25-8)100(112-97)80(11)96-83(59-62-90(120)131-69-22-5)107(16,78-94(124)135-73-26-9)108(17,114-96)101-84(75-92(122)133-71-24-7)105(14,64-63-91(121)132-70-23-6)99(113-101)79(10)95-81(104(12,13)102(98)111-95)57-60-88(118)129-67-20-3/h81-85,101,112H,18-78H2,1-17H3,(H,109,116)(H,110,117)(H,126,127,128)/b95-79-,98-97+,100-80-/t81-,82-,83-,84+,85+,101-,105-,106+,107+,108+/m1/s1. The number of carbonyl (C=O) groups is 10. The van der Waals surface area contributed by atoms with Crippen LogP contribution in [0, 0.1) is 45.3 Å². The van der Waals surface area contributed by atoms with Gasteiger partial charge in [0.2, 0.25) is 17.7 Å². The van der Waals surface area contributed by atoms with Crippen LogP contribution in [0.4, 0.5) is 0 Å². The number of aliphatic imine (C=N–C) groups is 3. The molecule has 136 heavy (non-hydrogen) atoms. The largest absolute Gasteiger partial charge is 0.466 e. The van der Waals surface area contributed by atoms with Crippen LogP contribution in [0.5, 0.6) is 0 Å². The van der Waals surface area contributed by atoms with Crippen molar-refractivity contribution in [2.45, 2.75) is 463 Å². The molecule has 27 nitrogen and oxygen atoms in total. The number of carbonyl (C=O) groups excluding carboxylic acids is 10. The highest BCUT2D eigenvalue weighted by atomic mass is 32.2. The van der Waals surface area contributed by atoms with Crippen LogP contribution < -0.4 is 16.0 Å². The number of allylic oxidation sites excluding steroid dienone is 6. The van der Waals surface area contributed by atoms with E-state index in [9.17, 15) is 36.9 Å². The van der Waals surface area contributed by atoms with Gasteiger partial charge in [-0.25, -0.2) is 0 Å². The van der Waals surface area contributed by atoms with Gasteiger partial charge in [-0.05, 0) is 128 Å². The first kappa shape index (κ1) is 119. The third-order valence-corrected chi connectivity index (χ3v) is 29.9. The second-order valence-corrected chi connectivity index (χ2v) is 42.5. The topological polar surface area (TPSA) is 366 Å². The maximum absolute atomic E-state index is 16.8. The third kappa shape index (κ3) is 37.6. The van der Waals surface area contributed by atoms with Gasteiger partial charge < -0.3 is 54.0 Å². The highest BCUT2D eigenvalue weighted by molar-refractivity contribution is 7.85. The van der Waals surface area contributed by atoms with Crippen LogP contribution in [0.25, 0.3) is 0 Å². The average Bonchev–Trinajstić information content (AvgIpc) is 1.52. The smallest absolute Gasteiger partial charge is 0.306 e. The number of nitrogens with one attached hydrogen (secondary N) is 3. The Morgan fingerprint density at radius 3 is 1.27 bits per heavy atom.